The molecule has 0 radical (unpaired) electrons. The average molecular weight is 600 g/mol. The van der Waals surface area contributed by atoms with Crippen molar-refractivity contribution in [3.63, 3.8) is 0 Å². The number of hydrogen-bond acceptors (Lipinski definition) is 4. The molecule has 1 heterocycles. The van der Waals surface area contributed by atoms with Crippen LogP contribution in [-0.4, -0.2) is 33.6 Å². The second-order valence-corrected chi connectivity index (χ2v) is 12.8. The molecule has 4 aromatic carbocycles. The normalized spacial score (nSPS) is 16.9. The molecule has 0 aromatic heterocycles. The number of anilines is 1. The Balaban J connectivity index is 1.21. The summed E-state index contributed by atoms with van der Waals surface area (Å²) in [5, 5.41) is 0. The molecular formula is C41H45NO3. The minimum Gasteiger partial charge on any atom is -0.489 e. The highest BCUT2D eigenvalue weighted by Crippen LogP contribution is 2.44. The molecule has 232 valence electrons. The van der Waals surface area contributed by atoms with Crippen molar-refractivity contribution in [1.29, 1.82) is 0 Å². The Morgan fingerprint density at radius 1 is 0.711 bits per heavy atom. The second-order valence-electron chi connectivity index (χ2n) is 12.8. The van der Waals surface area contributed by atoms with Crippen molar-refractivity contribution in [2.75, 3.05) is 32.2 Å². The number of fused-ring (bicyclic) bond motifs is 2. The SMILES string of the molecule is COC(OC)C1CCN(c2ccc(C3=C(c4cccc5c4CCCC5)CCc4cc(OCc5ccccc5)ccc43)cc2)CC1. The first kappa shape index (κ1) is 29.8. The van der Waals surface area contributed by atoms with E-state index in [2.05, 4.69) is 89.8 Å². The number of methoxy groups -OCH3 is 2. The summed E-state index contributed by atoms with van der Waals surface area (Å²) in [6.45, 7) is 2.62. The first-order chi connectivity index (χ1) is 22.2. The van der Waals surface area contributed by atoms with Gasteiger partial charge < -0.3 is 19.1 Å². The van der Waals surface area contributed by atoms with Crippen molar-refractivity contribution >= 4 is 16.8 Å². The van der Waals surface area contributed by atoms with Crippen LogP contribution < -0.4 is 9.64 Å². The zero-order valence-corrected chi connectivity index (χ0v) is 26.8. The molecule has 0 N–H and O–H groups in total. The maximum Gasteiger partial charge on any atom is 0.159 e. The fourth-order valence-corrected chi connectivity index (χ4v) is 7.81. The van der Waals surface area contributed by atoms with Crippen LogP contribution in [0.1, 0.15) is 71.0 Å². The number of nitrogens with zero attached hydrogens (tertiary/aromatic N) is 1. The van der Waals surface area contributed by atoms with Gasteiger partial charge in [-0.05, 0) is 126 Å². The van der Waals surface area contributed by atoms with Gasteiger partial charge in [-0.2, -0.15) is 0 Å². The Morgan fingerprint density at radius 2 is 1.49 bits per heavy atom. The molecule has 0 spiro atoms. The molecular weight excluding hydrogens is 554 g/mol. The zero-order chi connectivity index (χ0) is 30.6. The fourth-order valence-electron chi connectivity index (χ4n) is 7.81. The third kappa shape index (κ3) is 6.32. The number of piperidine rings is 1. The highest BCUT2D eigenvalue weighted by atomic mass is 16.7. The van der Waals surface area contributed by atoms with Gasteiger partial charge in [-0.15, -0.1) is 0 Å². The molecule has 0 amide bonds. The summed E-state index contributed by atoms with van der Waals surface area (Å²) in [4.78, 5) is 2.51. The maximum atomic E-state index is 6.27. The van der Waals surface area contributed by atoms with Crippen LogP contribution in [0.5, 0.6) is 5.75 Å². The number of ether oxygens (including phenoxy) is 3. The van der Waals surface area contributed by atoms with Gasteiger partial charge in [-0.1, -0.05) is 66.7 Å². The lowest BCUT2D eigenvalue weighted by atomic mass is 9.76. The van der Waals surface area contributed by atoms with E-state index in [0.717, 1.165) is 44.5 Å². The van der Waals surface area contributed by atoms with E-state index in [-0.39, 0.29) is 6.29 Å². The molecule has 3 aliphatic rings. The molecule has 1 fully saturated rings. The summed E-state index contributed by atoms with van der Waals surface area (Å²) in [5.41, 5.74) is 14.0. The van der Waals surface area contributed by atoms with E-state index in [1.54, 1.807) is 25.3 Å². The van der Waals surface area contributed by atoms with Crippen LogP contribution >= 0.6 is 0 Å². The van der Waals surface area contributed by atoms with Crippen molar-refractivity contribution in [3.8, 4) is 5.75 Å². The van der Waals surface area contributed by atoms with Crippen LogP contribution in [-0.2, 0) is 35.3 Å². The van der Waals surface area contributed by atoms with E-state index in [1.807, 2.05) is 6.07 Å². The quantitative estimate of drug-likeness (QED) is 0.180. The summed E-state index contributed by atoms with van der Waals surface area (Å²) >= 11 is 0. The Hall–Kier alpha value is -3.86. The Kier molecular flexibility index (Phi) is 9.04. The highest BCUT2D eigenvalue weighted by molar-refractivity contribution is 6.01. The zero-order valence-electron chi connectivity index (χ0n) is 26.8. The molecule has 2 aliphatic carbocycles. The van der Waals surface area contributed by atoms with E-state index in [9.17, 15) is 0 Å². The molecule has 0 unspecified atom stereocenters. The molecule has 1 aliphatic heterocycles. The van der Waals surface area contributed by atoms with E-state index in [0.29, 0.717) is 12.5 Å². The molecule has 0 saturated carbocycles. The van der Waals surface area contributed by atoms with Gasteiger partial charge in [0.25, 0.3) is 0 Å². The molecule has 1 saturated heterocycles. The lowest BCUT2D eigenvalue weighted by Gasteiger charge is -2.36. The number of rotatable bonds is 9. The van der Waals surface area contributed by atoms with Gasteiger partial charge in [0.15, 0.2) is 6.29 Å². The van der Waals surface area contributed by atoms with Gasteiger partial charge in [0.05, 0.1) is 0 Å². The highest BCUT2D eigenvalue weighted by Gasteiger charge is 2.28. The predicted molar refractivity (Wildman–Crippen MR) is 184 cm³/mol. The topological polar surface area (TPSA) is 30.9 Å². The average Bonchev–Trinajstić information content (AvgIpc) is 3.11. The minimum absolute atomic E-state index is 0.112. The van der Waals surface area contributed by atoms with Gasteiger partial charge in [0.1, 0.15) is 12.4 Å². The minimum atomic E-state index is -0.112. The van der Waals surface area contributed by atoms with Gasteiger partial charge in [0.2, 0.25) is 0 Å². The van der Waals surface area contributed by atoms with E-state index in [4.69, 9.17) is 14.2 Å². The van der Waals surface area contributed by atoms with Crippen LogP contribution in [0.4, 0.5) is 5.69 Å². The fraction of sp³-hybridized carbons (Fsp3) is 0.366. The number of aryl methyl sites for hydroxylation is 2. The smallest absolute Gasteiger partial charge is 0.159 e. The summed E-state index contributed by atoms with van der Waals surface area (Å²) in [6, 6.07) is 33.6. The first-order valence-electron chi connectivity index (χ1n) is 16.8. The van der Waals surface area contributed by atoms with E-state index in [1.165, 1.54) is 70.3 Å². The summed E-state index contributed by atoms with van der Waals surface area (Å²) < 4.78 is 17.4. The lowest BCUT2D eigenvalue weighted by Crippen LogP contribution is -2.39. The van der Waals surface area contributed by atoms with Crippen molar-refractivity contribution in [2.24, 2.45) is 5.92 Å². The van der Waals surface area contributed by atoms with Crippen LogP contribution in [0.3, 0.4) is 0 Å². The summed E-state index contributed by atoms with van der Waals surface area (Å²) in [6.07, 6.45) is 9.07. The summed E-state index contributed by atoms with van der Waals surface area (Å²) in [7, 11) is 3.49. The largest absolute Gasteiger partial charge is 0.489 e. The molecule has 4 aromatic rings. The number of benzene rings is 4. The molecule has 4 heteroatoms. The molecule has 7 rings (SSSR count). The Labute approximate surface area is 268 Å². The third-order valence-corrected chi connectivity index (χ3v) is 10.2. The second kappa shape index (κ2) is 13.6. The van der Waals surface area contributed by atoms with Gasteiger partial charge in [-0.25, -0.2) is 0 Å². The molecule has 45 heavy (non-hydrogen) atoms. The summed E-state index contributed by atoms with van der Waals surface area (Å²) in [5.74, 6) is 1.39. The standard InChI is InChI=1S/C41H45NO3/c1-43-41(44-2)32-23-25-42(26-24-32)34-18-15-31(16-19-34)40-37-22-20-35(45-28-29-9-4-3-5-10-29)27-33(37)17-21-39(40)38-14-8-12-30-11-6-7-13-36(30)38/h3-5,8-10,12,14-16,18-20,22,27,32,41H,6-7,11,13,17,21,23-26,28H2,1-2H3. The van der Waals surface area contributed by atoms with Crippen molar-refractivity contribution in [3.05, 3.63) is 130 Å². The predicted octanol–water partition coefficient (Wildman–Crippen LogP) is 8.89. The van der Waals surface area contributed by atoms with Crippen molar-refractivity contribution in [2.45, 2.75) is 64.3 Å². The Bertz CT molecular complexity index is 1630. The van der Waals surface area contributed by atoms with E-state index >= 15 is 0 Å². The van der Waals surface area contributed by atoms with Crippen LogP contribution in [0.15, 0.2) is 91.0 Å². The van der Waals surface area contributed by atoms with Crippen LogP contribution in [0.2, 0.25) is 0 Å². The van der Waals surface area contributed by atoms with Gasteiger partial charge in [-0.3, -0.25) is 0 Å². The molecule has 0 bridgehead atoms. The molecule has 4 nitrogen and oxygen atoms in total. The lowest BCUT2D eigenvalue weighted by molar-refractivity contribution is -0.141. The monoisotopic (exact) mass is 599 g/mol. The first-order valence-corrected chi connectivity index (χ1v) is 16.8. The molecule has 0 atom stereocenters. The van der Waals surface area contributed by atoms with Crippen molar-refractivity contribution in [1.82, 2.24) is 0 Å². The Morgan fingerprint density at radius 3 is 2.27 bits per heavy atom. The number of allylic oxidation sites excluding steroid dienone is 1. The van der Waals surface area contributed by atoms with Crippen LogP contribution in [0.25, 0.3) is 11.1 Å². The van der Waals surface area contributed by atoms with Crippen LogP contribution in [0, 0.1) is 5.92 Å². The third-order valence-electron chi connectivity index (χ3n) is 10.2. The van der Waals surface area contributed by atoms with E-state index < -0.39 is 0 Å². The van der Waals surface area contributed by atoms with Gasteiger partial charge in [0, 0.05) is 38.9 Å². The van der Waals surface area contributed by atoms with Gasteiger partial charge >= 0.3 is 0 Å². The maximum absolute atomic E-state index is 6.27. The van der Waals surface area contributed by atoms with Crippen molar-refractivity contribution < 1.29 is 14.2 Å². The number of hydrogen-bond donors (Lipinski definition) is 0.